The molecule has 0 fully saturated rings. The molecule has 2 heterocycles. The SMILES string of the molecule is O=C(Nc1cccc(Nc2nccc(Nc3ccc4oc(=O)[nH]c4c3)n2)c1)C(F)(F)F. The van der Waals surface area contributed by atoms with Gasteiger partial charge in [-0.1, -0.05) is 6.07 Å². The molecule has 0 aliphatic carbocycles. The van der Waals surface area contributed by atoms with Gasteiger partial charge in [-0.25, -0.2) is 9.78 Å². The lowest BCUT2D eigenvalue weighted by molar-refractivity contribution is -0.167. The van der Waals surface area contributed by atoms with Crippen molar-refractivity contribution in [2.45, 2.75) is 6.18 Å². The van der Waals surface area contributed by atoms with Gasteiger partial charge in [-0.15, -0.1) is 0 Å². The van der Waals surface area contributed by atoms with Crippen molar-refractivity contribution in [3.63, 3.8) is 0 Å². The van der Waals surface area contributed by atoms with Crippen molar-refractivity contribution in [1.29, 1.82) is 0 Å². The molecule has 4 rings (SSSR count). The number of fused-ring (bicyclic) bond motifs is 1. The molecule has 4 aromatic rings. The van der Waals surface area contributed by atoms with Crippen molar-refractivity contribution in [3.05, 3.63) is 65.3 Å². The van der Waals surface area contributed by atoms with E-state index in [0.29, 0.717) is 28.3 Å². The molecule has 0 saturated heterocycles. The number of carbonyl (C=O) groups excluding carboxylic acids is 1. The number of H-pyrrole nitrogens is 1. The zero-order chi connectivity index (χ0) is 22.0. The average molecular weight is 430 g/mol. The van der Waals surface area contributed by atoms with Gasteiger partial charge in [0.2, 0.25) is 5.95 Å². The van der Waals surface area contributed by atoms with E-state index in [2.05, 4.69) is 25.6 Å². The van der Waals surface area contributed by atoms with Crippen molar-refractivity contribution < 1.29 is 22.4 Å². The van der Waals surface area contributed by atoms with Crippen LogP contribution in [0.15, 0.2) is 63.9 Å². The smallest absolute Gasteiger partial charge is 0.408 e. The highest BCUT2D eigenvalue weighted by atomic mass is 19.4. The van der Waals surface area contributed by atoms with Crippen molar-refractivity contribution in [3.8, 4) is 0 Å². The van der Waals surface area contributed by atoms with E-state index in [1.807, 2.05) is 0 Å². The lowest BCUT2D eigenvalue weighted by Gasteiger charge is -2.11. The molecular weight excluding hydrogens is 417 g/mol. The van der Waals surface area contributed by atoms with E-state index in [9.17, 15) is 22.8 Å². The molecule has 0 saturated carbocycles. The molecule has 158 valence electrons. The molecule has 31 heavy (non-hydrogen) atoms. The Hall–Kier alpha value is -4.35. The number of hydrogen-bond donors (Lipinski definition) is 4. The Kier molecular flexibility index (Phi) is 5.03. The predicted octanol–water partition coefficient (Wildman–Crippen LogP) is 3.90. The molecule has 0 bridgehead atoms. The number of nitrogens with one attached hydrogen (secondary N) is 4. The van der Waals surface area contributed by atoms with Crippen molar-refractivity contribution in [1.82, 2.24) is 15.0 Å². The van der Waals surface area contributed by atoms with E-state index in [1.54, 1.807) is 35.6 Å². The maximum atomic E-state index is 12.4. The number of benzene rings is 2. The number of aromatic nitrogens is 3. The van der Waals surface area contributed by atoms with Crippen LogP contribution in [-0.4, -0.2) is 27.0 Å². The van der Waals surface area contributed by atoms with Gasteiger partial charge in [0.15, 0.2) is 5.58 Å². The molecular formula is C19H13F3N6O3. The van der Waals surface area contributed by atoms with Gasteiger partial charge < -0.3 is 20.4 Å². The lowest BCUT2D eigenvalue weighted by atomic mass is 10.2. The maximum Gasteiger partial charge on any atom is 0.471 e. The molecule has 0 aliphatic heterocycles. The predicted molar refractivity (Wildman–Crippen MR) is 107 cm³/mol. The fourth-order valence-corrected chi connectivity index (χ4v) is 2.67. The summed E-state index contributed by atoms with van der Waals surface area (Å²) in [4.78, 5) is 33.2. The summed E-state index contributed by atoms with van der Waals surface area (Å²) >= 11 is 0. The molecule has 9 nitrogen and oxygen atoms in total. The second kappa shape index (κ2) is 7.82. The van der Waals surface area contributed by atoms with Crippen LogP contribution < -0.4 is 21.7 Å². The molecule has 12 heteroatoms. The maximum absolute atomic E-state index is 12.4. The summed E-state index contributed by atoms with van der Waals surface area (Å²) in [6.45, 7) is 0. The monoisotopic (exact) mass is 430 g/mol. The van der Waals surface area contributed by atoms with Crippen LogP contribution in [0.2, 0.25) is 0 Å². The minimum atomic E-state index is -4.99. The first kappa shape index (κ1) is 19.9. The lowest BCUT2D eigenvalue weighted by Crippen LogP contribution is -2.29. The minimum absolute atomic E-state index is 0.0380. The molecule has 0 radical (unpaired) electrons. The van der Waals surface area contributed by atoms with E-state index in [-0.39, 0.29) is 11.6 Å². The highest BCUT2D eigenvalue weighted by molar-refractivity contribution is 5.95. The number of aromatic amines is 1. The molecule has 2 aromatic heterocycles. The molecule has 2 aromatic carbocycles. The number of rotatable bonds is 5. The Morgan fingerprint density at radius 1 is 1.00 bits per heavy atom. The van der Waals surface area contributed by atoms with Crippen LogP contribution >= 0.6 is 0 Å². The van der Waals surface area contributed by atoms with Crippen molar-refractivity contribution >= 4 is 45.8 Å². The number of oxazole rings is 1. The van der Waals surface area contributed by atoms with Crippen LogP contribution in [0.25, 0.3) is 11.1 Å². The minimum Gasteiger partial charge on any atom is -0.408 e. The Bertz CT molecular complexity index is 1310. The van der Waals surface area contributed by atoms with Crippen molar-refractivity contribution in [2.24, 2.45) is 0 Å². The number of alkyl halides is 3. The first-order valence-electron chi connectivity index (χ1n) is 8.74. The van der Waals surface area contributed by atoms with Gasteiger partial charge in [0, 0.05) is 23.3 Å². The van der Waals surface area contributed by atoms with Crippen LogP contribution in [-0.2, 0) is 4.79 Å². The summed E-state index contributed by atoms with van der Waals surface area (Å²) in [5.74, 6) is -2.04. The normalized spacial score (nSPS) is 11.3. The third kappa shape index (κ3) is 4.80. The average Bonchev–Trinajstić information content (AvgIpc) is 3.07. The van der Waals surface area contributed by atoms with Crippen molar-refractivity contribution in [2.75, 3.05) is 16.0 Å². The summed E-state index contributed by atoms with van der Waals surface area (Å²) in [5, 5.41) is 7.69. The highest BCUT2D eigenvalue weighted by Crippen LogP contribution is 2.23. The highest BCUT2D eigenvalue weighted by Gasteiger charge is 2.38. The molecule has 0 unspecified atom stereocenters. The number of amides is 1. The van der Waals surface area contributed by atoms with Gasteiger partial charge in [-0.05, 0) is 42.5 Å². The Balaban J connectivity index is 1.49. The topological polar surface area (TPSA) is 125 Å². The summed E-state index contributed by atoms with van der Waals surface area (Å²) < 4.78 is 42.2. The zero-order valence-electron chi connectivity index (χ0n) is 15.4. The fraction of sp³-hybridized carbons (Fsp3) is 0.0526. The molecule has 0 spiro atoms. The number of halogens is 3. The van der Waals surface area contributed by atoms with E-state index in [4.69, 9.17) is 4.42 Å². The molecule has 1 amide bonds. The van der Waals surface area contributed by atoms with Crippen LogP contribution in [0.3, 0.4) is 0 Å². The van der Waals surface area contributed by atoms with Gasteiger partial charge in [0.1, 0.15) is 5.82 Å². The van der Waals surface area contributed by atoms with Crippen LogP contribution in [0, 0.1) is 0 Å². The molecule has 0 aliphatic rings. The Labute approximate surface area is 171 Å². The largest absolute Gasteiger partial charge is 0.471 e. The fourth-order valence-electron chi connectivity index (χ4n) is 2.67. The van der Waals surface area contributed by atoms with Gasteiger partial charge in [0.25, 0.3) is 0 Å². The number of carbonyl (C=O) groups is 1. The van der Waals surface area contributed by atoms with Crippen LogP contribution in [0.5, 0.6) is 0 Å². The summed E-state index contributed by atoms with van der Waals surface area (Å²) in [6.07, 6.45) is -3.51. The van der Waals surface area contributed by atoms with Crippen LogP contribution in [0.4, 0.5) is 42.0 Å². The Morgan fingerprint density at radius 3 is 2.58 bits per heavy atom. The molecule has 4 N–H and O–H groups in total. The van der Waals surface area contributed by atoms with E-state index >= 15 is 0 Å². The standard InChI is InChI=1S/C19H13F3N6O3/c20-19(21,22)16(29)25-10-2-1-3-11(8-10)26-17-23-7-6-15(28-17)24-12-4-5-14-13(9-12)27-18(30)31-14/h1-9H,(H,25,29)(H,27,30)(H2,23,24,26,28). The van der Waals surface area contributed by atoms with Gasteiger partial charge in [-0.2, -0.15) is 18.2 Å². The second-order valence-electron chi connectivity index (χ2n) is 6.27. The first-order valence-corrected chi connectivity index (χ1v) is 8.74. The quantitative estimate of drug-likeness (QED) is 0.378. The summed E-state index contributed by atoms with van der Waals surface area (Å²) in [7, 11) is 0. The van der Waals surface area contributed by atoms with Gasteiger partial charge in [-0.3, -0.25) is 9.78 Å². The third-order valence-corrected chi connectivity index (χ3v) is 3.98. The van der Waals surface area contributed by atoms with E-state index < -0.39 is 17.8 Å². The summed E-state index contributed by atoms with van der Waals surface area (Å²) in [5.41, 5.74) is 1.89. The number of hydrogen-bond acceptors (Lipinski definition) is 7. The van der Waals surface area contributed by atoms with E-state index in [0.717, 1.165) is 0 Å². The molecule has 0 atom stereocenters. The zero-order valence-corrected chi connectivity index (χ0v) is 15.4. The first-order chi connectivity index (χ1) is 14.8. The van der Waals surface area contributed by atoms with Gasteiger partial charge >= 0.3 is 17.8 Å². The van der Waals surface area contributed by atoms with Crippen LogP contribution in [0.1, 0.15) is 0 Å². The Morgan fingerprint density at radius 2 is 1.77 bits per heavy atom. The third-order valence-electron chi connectivity index (χ3n) is 3.98. The van der Waals surface area contributed by atoms with E-state index in [1.165, 1.54) is 24.4 Å². The number of nitrogens with zero attached hydrogens (tertiary/aromatic N) is 2. The van der Waals surface area contributed by atoms with Gasteiger partial charge in [0.05, 0.1) is 5.52 Å². The number of anilines is 5. The second-order valence-corrected chi connectivity index (χ2v) is 6.27. The summed E-state index contributed by atoms with van der Waals surface area (Å²) in [6, 6.07) is 12.3.